The van der Waals surface area contributed by atoms with E-state index in [4.69, 9.17) is 9.47 Å². The first kappa shape index (κ1) is 20.4. The lowest BCUT2D eigenvalue weighted by Crippen LogP contribution is -2.14. The van der Waals surface area contributed by atoms with Crippen LogP contribution in [0, 0.1) is 0 Å². The summed E-state index contributed by atoms with van der Waals surface area (Å²) in [4.78, 5) is 23.6. The molecule has 2 rings (SSSR count). The monoisotopic (exact) mass is 388 g/mol. The zero-order chi connectivity index (χ0) is 19.7. The average molecular weight is 388 g/mol. The maximum Gasteiger partial charge on any atom is 0.313 e. The molecule has 0 atom stereocenters. The molecule has 2 aromatic carbocycles. The van der Waals surface area contributed by atoms with Crippen molar-refractivity contribution in [2.24, 2.45) is 0 Å². The van der Waals surface area contributed by atoms with Crippen molar-refractivity contribution < 1.29 is 27.5 Å². The molecular formula is C20H20O6S. The smallest absolute Gasteiger partial charge is 0.313 e. The number of carbonyl (C=O) groups is 2. The van der Waals surface area contributed by atoms with Crippen LogP contribution in [-0.4, -0.2) is 39.6 Å². The van der Waals surface area contributed by atoms with Crippen LogP contribution in [0.2, 0.25) is 0 Å². The van der Waals surface area contributed by atoms with E-state index in [0.29, 0.717) is 11.3 Å². The van der Waals surface area contributed by atoms with E-state index in [1.54, 1.807) is 24.3 Å². The van der Waals surface area contributed by atoms with E-state index in [0.717, 1.165) is 6.26 Å². The Labute approximate surface area is 158 Å². The summed E-state index contributed by atoms with van der Waals surface area (Å²) in [6, 6.07) is 15.3. The Morgan fingerprint density at radius 3 is 2.44 bits per heavy atom. The first-order valence-corrected chi connectivity index (χ1v) is 10.1. The van der Waals surface area contributed by atoms with Crippen LogP contribution in [0.15, 0.2) is 65.6 Å². The number of hydrogen-bond donors (Lipinski definition) is 0. The van der Waals surface area contributed by atoms with Gasteiger partial charge >= 0.3 is 5.97 Å². The molecule has 0 amide bonds. The molecule has 0 aliphatic heterocycles. The Balaban J connectivity index is 1.76. The minimum atomic E-state index is -3.32. The lowest BCUT2D eigenvalue weighted by molar-refractivity contribution is -0.146. The van der Waals surface area contributed by atoms with Crippen molar-refractivity contribution in [3.63, 3.8) is 0 Å². The Morgan fingerprint density at radius 2 is 1.74 bits per heavy atom. The van der Waals surface area contributed by atoms with Crippen molar-refractivity contribution in [2.45, 2.75) is 11.3 Å². The maximum atomic E-state index is 11.8. The molecule has 27 heavy (non-hydrogen) atoms. The van der Waals surface area contributed by atoms with Gasteiger partial charge in [0.05, 0.1) is 4.90 Å². The number of benzene rings is 2. The molecule has 0 bridgehead atoms. The molecule has 0 fully saturated rings. The third-order valence-corrected chi connectivity index (χ3v) is 4.54. The van der Waals surface area contributed by atoms with Gasteiger partial charge in [0.25, 0.3) is 0 Å². The van der Waals surface area contributed by atoms with Crippen molar-refractivity contribution in [2.75, 3.05) is 19.5 Å². The molecule has 0 saturated heterocycles. The van der Waals surface area contributed by atoms with Gasteiger partial charge in [-0.3, -0.25) is 9.59 Å². The Morgan fingerprint density at radius 1 is 1.00 bits per heavy atom. The van der Waals surface area contributed by atoms with Crippen LogP contribution >= 0.6 is 0 Å². The fourth-order valence-electron chi connectivity index (χ4n) is 2.12. The molecule has 0 unspecified atom stereocenters. The molecule has 0 aliphatic carbocycles. The third kappa shape index (κ3) is 7.45. The van der Waals surface area contributed by atoms with Crippen molar-refractivity contribution in [1.82, 2.24) is 0 Å². The van der Waals surface area contributed by atoms with E-state index in [1.165, 1.54) is 24.3 Å². The van der Waals surface area contributed by atoms with E-state index < -0.39 is 28.0 Å². The molecule has 0 aromatic heterocycles. The summed E-state index contributed by atoms with van der Waals surface area (Å²) in [6.45, 7) is 0.235. The van der Waals surface area contributed by atoms with Gasteiger partial charge in [-0.2, -0.15) is 0 Å². The summed E-state index contributed by atoms with van der Waals surface area (Å²) in [5.41, 5.74) is 0.552. The van der Waals surface area contributed by atoms with E-state index in [2.05, 4.69) is 0 Å². The fourth-order valence-corrected chi connectivity index (χ4v) is 2.80. The lowest BCUT2D eigenvalue weighted by atomic mass is 10.2. The molecule has 0 radical (unpaired) electrons. The van der Waals surface area contributed by atoms with Gasteiger partial charge in [-0.15, -0.1) is 0 Å². The Hall–Kier alpha value is -2.93. The highest BCUT2D eigenvalue weighted by atomic mass is 32.2. The molecule has 0 saturated carbocycles. The SMILES string of the molecule is CS(=O)(=O)c1cccc(C=CC(=O)CC(=O)OCCOc2ccccc2)c1. The molecule has 0 heterocycles. The average Bonchev–Trinajstić information content (AvgIpc) is 2.64. The second kappa shape index (κ2) is 9.68. The van der Waals surface area contributed by atoms with Gasteiger partial charge in [-0.1, -0.05) is 36.4 Å². The number of allylic oxidation sites excluding steroid dienone is 1. The minimum Gasteiger partial charge on any atom is -0.490 e. The minimum absolute atomic E-state index is 0.0428. The molecule has 2 aromatic rings. The molecule has 0 aliphatic rings. The lowest BCUT2D eigenvalue weighted by Gasteiger charge is -2.06. The largest absolute Gasteiger partial charge is 0.490 e. The molecular weight excluding hydrogens is 368 g/mol. The first-order chi connectivity index (χ1) is 12.8. The number of ether oxygens (including phenoxy) is 2. The van der Waals surface area contributed by atoms with Crippen molar-refractivity contribution in [1.29, 1.82) is 0 Å². The number of hydrogen-bond acceptors (Lipinski definition) is 6. The van der Waals surface area contributed by atoms with Gasteiger partial charge in [-0.25, -0.2) is 8.42 Å². The third-order valence-electron chi connectivity index (χ3n) is 3.42. The molecule has 0 N–H and O–H groups in total. The zero-order valence-corrected chi connectivity index (χ0v) is 15.6. The van der Waals surface area contributed by atoms with Crippen LogP contribution in [0.4, 0.5) is 0 Å². The Kier molecular flexibility index (Phi) is 7.31. The summed E-state index contributed by atoms with van der Waals surface area (Å²) < 4.78 is 33.4. The van der Waals surface area contributed by atoms with Gasteiger partial charge in [0, 0.05) is 6.26 Å². The standard InChI is InChI=1S/C20H20O6S/c1-27(23,24)19-9-5-6-16(14-19)10-11-17(21)15-20(22)26-13-12-25-18-7-3-2-4-8-18/h2-11,14H,12-13,15H2,1H3. The number of carbonyl (C=O) groups excluding carboxylic acids is 2. The van der Waals surface area contributed by atoms with Crippen LogP contribution in [0.1, 0.15) is 12.0 Å². The van der Waals surface area contributed by atoms with Crippen LogP contribution in [0.5, 0.6) is 5.75 Å². The van der Waals surface area contributed by atoms with Crippen molar-refractivity contribution in [3.8, 4) is 5.75 Å². The Bertz CT molecular complexity index is 916. The van der Waals surface area contributed by atoms with Gasteiger partial charge in [0.2, 0.25) is 0 Å². The summed E-state index contributed by atoms with van der Waals surface area (Å²) in [5.74, 6) is -0.413. The van der Waals surface area contributed by atoms with E-state index in [9.17, 15) is 18.0 Å². The number of ketones is 1. The van der Waals surface area contributed by atoms with Crippen LogP contribution in [0.3, 0.4) is 0 Å². The highest BCUT2D eigenvalue weighted by Crippen LogP contribution is 2.12. The normalized spacial score (nSPS) is 11.3. The molecule has 142 valence electrons. The summed E-state index contributed by atoms with van der Waals surface area (Å²) in [5, 5.41) is 0. The van der Waals surface area contributed by atoms with Crippen molar-refractivity contribution >= 4 is 27.7 Å². The predicted molar refractivity (Wildman–Crippen MR) is 101 cm³/mol. The van der Waals surface area contributed by atoms with Gasteiger partial charge in [0.1, 0.15) is 25.4 Å². The van der Waals surface area contributed by atoms with Gasteiger partial charge < -0.3 is 9.47 Å². The van der Waals surface area contributed by atoms with Crippen LogP contribution < -0.4 is 4.74 Å². The van der Waals surface area contributed by atoms with Gasteiger partial charge in [-0.05, 0) is 35.9 Å². The highest BCUT2D eigenvalue weighted by molar-refractivity contribution is 7.90. The molecule has 6 nitrogen and oxygen atoms in total. The summed E-state index contributed by atoms with van der Waals surface area (Å²) >= 11 is 0. The van der Waals surface area contributed by atoms with E-state index in [1.807, 2.05) is 18.2 Å². The van der Waals surface area contributed by atoms with Crippen molar-refractivity contribution in [3.05, 3.63) is 66.2 Å². The number of esters is 1. The molecule has 7 heteroatoms. The second-order valence-electron chi connectivity index (χ2n) is 5.70. The van der Waals surface area contributed by atoms with Crippen LogP contribution in [-0.2, 0) is 24.2 Å². The molecule has 0 spiro atoms. The van der Waals surface area contributed by atoms with Crippen LogP contribution in [0.25, 0.3) is 6.08 Å². The predicted octanol–water partition coefficient (Wildman–Crippen LogP) is 2.68. The number of sulfone groups is 1. The van der Waals surface area contributed by atoms with E-state index in [-0.39, 0.29) is 18.1 Å². The topological polar surface area (TPSA) is 86.7 Å². The fraction of sp³-hybridized carbons (Fsp3) is 0.200. The highest BCUT2D eigenvalue weighted by Gasteiger charge is 2.09. The zero-order valence-electron chi connectivity index (χ0n) is 14.8. The maximum absolute atomic E-state index is 11.8. The number of para-hydroxylation sites is 1. The second-order valence-corrected chi connectivity index (χ2v) is 7.72. The quantitative estimate of drug-likeness (QED) is 0.284. The number of rotatable bonds is 9. The van der Waals surface area contributed by atoms with E-state index >= 15 is 0 Å². The van der Waals surface area contributed by atoms with Gasteiger partial charge in [0.15, 0.2) is 15.6 Å². The summed E-state index contributed by atoms with van der Waals surface area (Å²) in [7, 11) is -3.32. The summed E-state index contributed by atoms with van der Waals surface area (Å²) in [6.07, 6.45) is 3.40. The first-order valence-electron chi connectivity index (χ1n) is 8.19.